The van der Waals surface area contributed by atoms with Gasteiger partial charge in [-0.3, -0.25) is 19.6 Å². The van der Waals surface area contributed by atoms with Crippen LogP contribution in [0.2, 0.25) is 0 Å². The molecule has 0 saturated carbocycles. The number of carbonyl (C=O) groups is 1. The van der Waals surface area contributed by atoms with Gasteiger partial charge < -0.3 is 10.6 Å². The number of amides is 1. The zero-order valence-electron chi connectivity index (χ0n) is 14.2. The van der Waals surface area contributed by atoms with Gasteiger partial charge in [0.25, 0.3) is 5.69 Å². The summed E-state index contributed by atoms with van der Waals surface area (Å²) >= 11 is 0. The van der Waals surface area contributed by atoms with Gasteiger partial charge >= 0.3 is 0 Å². The van der Waals surface area contributed by atoms with Crippen molar-refractivity contribution >= 4 is 11.6 Å². The van der Waals surface area contributed by atoms with Crippen molar-refractivity contribution in [1.29, 1.82) is 0 Å². The largest absolute Gasteiger partial charge is 0.349 e. The smallest absolute Gasteiger partial charge is 0.269 e. The number of nitro groups is 1. The Bertz CT molecular complexity index is 788. The highest BCUT2D eigenvalue weighted by atomic mass is 16.6. The van der Waals surface area contributed by atoms with Crippen molar-refractivity contribution < 1.29 is 9.72 Å². The van der Waals surface area contributed by atoms with Crippen LogP contribution in [0.5, 0.6) is 0 Å². The van der Waals surface area contributed by atoms with Gasteiger partial charge in [-0.05, 0) is 18.1 Å². The molecule has 132 valence electrons. The Balaban J connectivity index is 1.70. The molecule has 1 unspecified atom stereocenters. The average molecular weight is 343 g/mol. The maximum Gasteiger partial charge on any atom is 0.269 e. The molecule has 0 bridgehead atoms. The molecule has 1 amide bonds. The van der Waals surface area contributed by atoms with Crippen molar-refractivity contribution in [2.24, 2.45) is 13.0 Å². The summed E-state index contributed by atoms with van der Waals surface area (Å²) in [5, 5.41) is 21.3. The molecule has 1 aliphatic heterocycles. The molecule has 0 spiro atoms. The first-order chi connectivity index (χ1) is 12.0. The molecule has 1 saturated heterocycles. The number of nitrogens with zero attached hydrogens (tertiary/aromatic N) is 3. The lowest BCUT2D eigenvalue weighted by molar-refractivity contribution is -0.384. The van der Waals surface area contributed by atoms with E-state index in [1.807, 2.05) is 20.2 Å². The predicted octanol–water partition coefficient (Wildman–Crippen LogP) is 1.51. The van der Waals surface area contributed by atoms with Crippen molar-refractivity contribution in [3.8, 4) is 0 Å². The molecular formula is C17H21N5O3. The topological polar surface area (TPSA) is 102 Å². The van der Waals surface area contributed by atoms with Crippen LogP contribution in [0.3, 0.4) is 0 Å². The van der Waals surface area contributed by atoms with Crippen LogP contribution in [0.1, 0.15) is 30.0 Å². The lowest BCUT2D eigenvalue weighted by Crippen LogP contribution is -2.36. The Morgan fingerprint density at radius 3 is 2.96 bits per heavy atom. The highest BCUT2D eigenvalue weighted by molar-refractivity contribution is 5.81. The third kappa shape index (κ3) is 3.69. The predicted molar refractivity (Wildman–Crippen MR) is 92.0 cm³/mol. The third-order valence-electron chi connectivity index (χ3n) is 4.64. The van der Waals surface area contributed by atoms with E-state index in [1.54, 1.807) is 23.0 Å². The van der Waals surface area contributed by atoms with E-state index in [-0.39, 0.29) is 29.5 Å². The number of non-ortho nitro benzene ring substituents is 1. The third-order valence-corrected chi connectivity index (χ3v) is 4.64. The van der Waals surface area contributed by atoms with Crippen molar-refractivity contribution in [3.63, 3.8) is 0 Å². The Morgan fingerprint density at radius 1 is 1.48 bits per heavy atom. The molecule has 1 aromatic carbocycles. The molecule has 8 heteroatoms. The van der Waals surface area contributed by atoms with Gasteiger partial charge in [0.2, 0.25) is 5.91 Å². The number of nitrogens with one attached hydrogen (secondary N) is 2. The van der Waals surface area contributed by atoms with E-state index >= 15 is 0 Å². The summed E-state index contributed by atoms with van der Waals surface area (Å²) in [6, 6.07) is 6.05. The zero-order valence-corrected chi connectivity index (χ0v) is 14.2. The molecule has 1 aromatic heterocycles. The number of benzene rings is 1. The Hall–Kier alpha value is -2.74. The fourth-order valence-corrected chi connectivity index (χ4v) is 3.25. The molecule has 2 heterocycles. The van der Waals surface area contributed by atoms with Crippen LogP contribution in [0.25, 0.3) is 0 Å². The van der Waals surface area contributed by atoms with E-state index < -0.39 is 4.92 Å². The standard InChI is InChI=1S/C17H21N5O3/c1-11(12-4-3-5-14(6-12)22(24)25)20-17(23)16-9-18-8-15(16)13-7-19-21(2)10-13/h3-7,10-11,15-16,18H,8-9H2,1-2H3,(H,20,23)/t11?,15-,16+/m1/s1. The highest BCUT2D eigenvalue weighted by Gasteiger charge is 2.35. The number of aromatic nitrogens is 2. The van der Waals surface area contributed by atoms with Crippen LogP contribution in [0.4, 0.5) is 5.69 Å². The maximum absolute atomic E-state index is 12.7. The lowest BCUT2D eigenvalue weighted by atomic mass is 9.90. The van der Waals surface area contributed by atoms with Gasteiger partial charge in [-0.25, -0.2) is 0 Å². The fourth-order valence-electron chi connectivity index (χ4n) is 3.25. The minimum Gasteiger partial charge on any atom is -0.349 e. The monoisotopic (exact) mass is 343 g/mol. The second kappa shape index (κ2) is 7.02. The molecule has 25 heavy (non-hydrogen) atoms. The average Bonchev–Trinajstić information content (AvgIpc) is 3.23. The molecule has 1 aliphatic rings. The summed E-state index contributed by atoms with van der Waals surface area (Å²) in [4.78, 5) is 23.2. The fraction of sp³-hybridized carbons (Fsp3) is 0.412. The molecule has 3 rings (SSSR count). The van der Waals surface area contributed by atoms with Crippen LogP contribution in [0, 0.1) is 16.0 Å². The number of rotatable bonds is 5. The Labute approximate surface area is 145 Å². The summed E-state index contributed by atoms with van der Waals surface area (Å²) in [6.07, 6.45) is 3.73. The van der Waals surface area contributed by atoms with E-state index in [9.17, 15) is 14.9 Å². The van der Waals surface area contributed by atoms with Gasteiger partial charge in [0.05, 0.1) is 23.1 Å². The first-order valence-electron chi connectivity index (χ1n) is 8.19. The molecule has 2 N–H and O–H groups in total. The van der Waals surface area contributed by atoms with Crippen LogP contribution >= 0.6 is 0 Å². The maximum atomic E-state index is 12.7. The number of nitro benzene ring substituents is 1. The second-order valence-electron chi connectivity index (χ2n) is 6.40. The summed E-state index contributed by atoms with van der Waals surface area (Å²) in [5.41, 5.74) is 1.77. The Morgan fingerprint density at radius 2 is 2.28 bits per heavy atom. The summed E-state index contributed by atoms with van der Waals surface area (Å²) in [5.74, 6) is -0.172. The number of carbonyl (C=O) groups excluding carboxylic acids is 1. The second-order valence-corrected chi connectivity index (χ2v) is 6.40. The van der Waals surface area contributed by atoms with Gasteiger partial charge in [0.15, 0.2) is 0 Å². The molecular weight excluding hydrogens is 322 g/mol. The van der Waals surface area contributed by atoms with E-state index in [0.717, 1.165) is 12.1 Å². The van der Waals surface area contributed by atoms with Crippen LogP contribution < -0.4 is 10.6 Å². The number of hydrogen-bond acceptors (Lipinski definition) is 5. The zero-order chi connectivity index (χ0) is 18.0. The van der Waals surface area contributed by atoms with Gasteiger partial charge in [-0.15, -0.1) is 0 Å². The molecule has 0 radical (unpaired) electrons. The van der Waals surface area contributed by atoms with E-state index in [4.69, 9.17) is 0 Å². The molecule has 8 nitrogen and oxygen atoms in total. The minimum atomic E-state index is -0.433. The minimum absolute atomic E-state index is 0.0226. The normalized spacial score (nSPS) is 21.0. The quantitative estimate of drug-likeness (QED) is 0.633. The summed E-state index contributed by atoms with van der Waals surface area (Å²) < 4.78 is 1.73. The van der Waals surface area contributed by atoms with Crippen molar-refractivity contribution in [1.82, 2.24) is 20.4 Å². The first-order valence-corrected chi connectivity index (χ1v) is 8.19. The van der Waals surface area contributed by atoms with Gasteiger partial charge in [-0.2, -0.15) is 5.10 Å². The number of hydrogen-bond donors (Lipinski definition) is 2. The van der Waals surface area contributed by atoms with Crippen molar-refractivity contribution in [3.05, 3.63) is 57.9 Å². The molecule has 0 aliphatic carbocycles. The Kier molecular flexibility index (Phi) is 4.80. The van der Waals surface area contributed by atoms with Crippen molar-refractivity contribution in [2.45, 2.75) is 18.9 Å². The van der Waals surface area contributed by atoms with E-state index in [2.05, 4.69) is 15.7 Å². The molecule has 3 atom stereocenters. The van der Waals surface area contributed by atoms with Crippen LogP contribution in [-0.4, -0.2) is 33.7 Å². The van der Waals surface area contributed by atoms with Crippen molar-refractivity contribution in [2.75, 3.05) is 13.1 Å². The molecule has 1 fully saturated rings. The SMILES string of the molecule is CC(NC(=O)[C@H]1CNC[C@@H]1c1cnn(C)c1)c1cccc([N+](=O)[O-])c1. The number of aryl methyl sites for hydroxylation is 1. The highest BCUT2D eigenvalue weighted by Crippen LogP contribution is 2.29. The van der Waals surface area contributed by atoms with Crippen LogP contribution in [0.15, 0.2) is 36.7 Å². The van der Waals surface area contributed by atoms with E-state index in [0.29, 0.717) is 12.1 Å². The van der Waals surface area contributed by atoms with Gasteiger partial charge in [-0.1, -0.05) is 12.1 Å². The summed E-state index contributed by atoms with van der Waals surface area (Å²) in [6.45, 7) is 3.17. The summed E-state index contributed by atoms with van der Waals surface area (Å²) in [7, 11) is 1.85. The van der Waals surface area contributed by atoms with Gasteiger partial charge in [0.1, 0.15) is 0 Å². The van der Waals surface area contributed by atoms with Crippen LogP contribution in [-0.2, 0) is 11.8 Å². The molecule has 2 aromatic rings. The lowest BCUT2D eigenvalue weighted by Gasteiger charge is -2.20. The van der Waals surface area contributed by atoms with E-state index in [1.165, 1.54) is 12.1 Å². The van der Waals surface area contributed by atoms with Gasteiger partial charge in [0, 0.05) is 44.4 Å². The first kappa shape index (κ1) is 17.1.